The van der Waals surface area contributed by atoms with E-state index in [0.29, 0.717) is 22.0 Å². The van der Waals surface area contributed by atoms with Crippen molar-refractivity contribution in [1.82, 2.24) is 4.98 Å². The Morgan fingerprint density at radius 1 is 1.75 bits per heavy atom. The summed E-state index contributed by atoms with van der Waals surface area (Å²) in [4.78, 5) is 14.9. The van der Waals surface area contributed by atoms with Crippen LogP contribution < -0.4 is 5.73 Å². The third kappa shape index (κ3) is 3.44. The number of aromatic nitrogens is 1. The van der Waals surface area contributed by atoms with Crippen molar-refractivity contribution in [2.75, 3.05) is 18.6 Å². The molecule has 0 aromatic carbocycles. The van der Waals surface area contributed by atoms with Crippen molar-refractivity contribution in [1.29, 1.82) is 5.26 Å². The highest BCUT2D eigenvalue weighted by atomic mass is 32.2. The lowest BCUT2D eigenvalue weighted by molar-refractivity contribution is -0.140. The topological polar surface area (TPSA) is 89.0 Å². The van der Waals surface area contributed by atoms with Crippen LogP contribution >= 0.6 is 11.8 Å². The molecule has 5 nitrogen and oxygen atoms in total. The Bertz CT molecular complexity index is 429. The van der Waals surface area contributed by atoms with E-state index in [2.05, 4.69) is 9.72 Å². The van der Waals surface area contributed by atoms with Gasteiger partial charge in [0.25, 0.3) is 0 Å². The van der Waals surface area contributed by atoms with Crippen molar-refractivity contribution < 1.29 is 9.53 Å². The van der Waals surface area contributed by atoms with Crippen LogP contribution in [0.15, 0.2) is 17.3 Å². The van der Waals surface area contributed by atoms with Gasteiger partial charge in [-0.1, -0.05) is 0 Å². The second kappa shape index (κ2) is 5.98. The lowest BCUT2D eigenvalue weighted by Gasteiger charge is -2.02. The molecule has 0 aliphatic carbocycles. The van der Waals surface area contributed by atoms with Crippen LogP contribution in [0.1, 0.15) is 12.0 Å². The third-order valence-electron chi connectivity index (χ3n) is 1.77. The van der Waals surface area contributed by atoms with Gasteiger partial charge in [0.1, 0.15) is 11.1 Å². The average molecular weight is 237 g/mol. The summed E-state index contributed by atoms with van der Waals surface area (Å²) in [7, 11) is 1.34. The summed E-state index contributed by atoms with van der Waals surface area (Å²) in [6.07, 6.45) is 1.78. The minimum absolute atomic E-state index is 0.276. The largest absolute Gasteiger partial charge is 0.469 e. The van der Waals surface area contributed by atoms with E-state index in [1.165, 1.54) is 25.1 Å². The van der Waals surface area contributed by atoms with Gasteiger partial charge in [-0.2, -0.15) is 5.26 Å². The molecule has 0 fully saturated rings. The maximum Gasteiger partial charge on any atom is 0.306 e. The van der Waals surface area contributed by atoms with Gasteiger partial charge in [-0.15, -0.1) is 11.8 Å². The Morgan fingerprint density at radius 3 is 3.12 bits per heavy atom. The molecule has 0 atom stereocenters. The number of rotatable bonds is 4. The fourth-order valence-corrected chi connectivity index (χ4v) is 1.85. The second-order valence-electron chi connectivity index (χ2n) is 2.91. The predicted molar refractivity (Wildman–Crippen MR) is 60.7 cm³/mol. The van der Waals surface area contributed by atoms with Crippen molar-refractivity contribution in [3.63, 3.8) is 0 Å². The van der Waals surface area contributed by atoms with Crippen LogP contribution in [0.4, 0.5) is 5.69 Å². The molecule has 0 radical (unpaired) electrons. The molecule has 0 amide bonds. The van der Waals surface area contributed by atoms with Crippen LogP contribution in [0.5, 0.6) is 0 Å². The van der Waals surface area contributed by atoms with E-state index < -0.39 is 0 Å². The highest BCUT2D eigenvalue weighted by molar-refractivity contribution is 7.99. The van der Waals surface area contributed by atoms with Crippen molar-refractivity contribution in [2.45, 2.75) is 11.4 Å². The molecule has 2 N–H and O–H groups in total. The number of nitrogens with two attached hydrogens (primary N) is 1. The number of thioether (sulfide) groups is 1. The van der Waals surface area contributed by atoms with Gasteiger partial charge in [-0.25, -0.2) is 4.98 Å². The molecule has 0 saturated carbocycles. The summed E-state index contributed by atoms with van der Waals surface area (Å²) < 4.78 is 4.51. The standard InChI is InChI=1S/C10H11N3O2S/c1-15-9(14)2-3-16-10-7(5-11)4-8(12)6-13-10/h4,6H,2-3,12H2,1H3. The molecule has 84 valence electrons. The fraction of sp³-hybridized carbons (Fsp3) is 0.300. The number of esters is 1. The number of carbonyl (C=O) groups is 1. The van der Waals surface area contributed by atoms with Crippen molar-refractivity contribution >= 4 is 23.4 Å². The van der Waals surface area contributed by atoms with Crippen LogP contribution in [0.3, 0.4) is 0 Å². The van der Waals surface area contributed by atoms with Gasteiger partial charge in [0, 0.05) is 5.75 Å². The zero-order valence-electron chi connectivity index (χ0n) is 8.77. The fourth-order valence-electron chi connectivity index (χ4n) is 0.997. The quantitative estimate of drug-likeness (QED) is 0.625. The molecule has 1 aromatic heterocycles. The summed E-state index contributed by atoms with van der Waals surface area (Å²) in [6, 6.07) is 3.57. The van der Waals surface area contributed by atoms with Crippen molar-refractivity contribution in [3.8, 4) is 6.07 Å². The lowest BCUT2D eigenvalue weighted by Crippen LogP contribution is -2.01. The van der Waals surface area contributed by atoms with E-state index in [4.69, 9.17) is 11.0 Å². The zero-order valence-corrected chi connectivity index (χ0v) is 9.58. The second-order valence-corrected chi connectivity index (χ2v) is 3.99. The monoisotopic (exact) mass is 237 g/mol. The van der Waals surface area contributed by atoms with Gasteiger partial charge in [-0.3, -0.25) is 4.79 Å². The summed E-state index contributed by atoms with van der Waals surface area (Å²) in [5.74, 6) is 0.250. The number of nitrogen functional groups attached to an aromatic ring is 1. The number of nitrogens with zero attached hydrogens (tertiary/aromatic N) is 2. The molecule has 16 heavy (non-hydrogen) atoms. The predicted octanol–water partition coefficient (Wildman–Crippen LogP) is 1.19. The van der Waals surface area contributed by atoms with E-state index >= 15 is 0 Å². The smallest absolute Gasteiger partial charge is 0.306 e. The number of pyridine rings is 1. The molecular formula is C10H11N3O2S. The molecule has 0 bridgehead atoms. The molecule has 1 aromatic rings. The number of nitriles is 1. The van der Waals surface area contributed by atoms with Crippen LogP contribution in [-0.4, -0.2) is 23.8 Å². The normalized spacial score (nSPS) is 9.50. The highest BCUT2D eigenvalue weighted by Crippen LogP contribution is 2.21. The SMILES string of the molecule is COC(=O)CCSc1ncc(N)cc1C#N. The molecule has 1 heterocycles. The van der Waals surface area contributed by atoms with Gasteiger partial charge in [0.2, 0.25) is 0 Å². The number of ether oxygens (including phenoxy) is 1. The Labute approximate surface area is 97.6 Å². The molecular weight excluding hydrogens is 226 g/mol. The van der Waals surface area contributed by atoms with E-state index in [0.717, 1.165) is 0 Å². The minimum Gasteiger partial charge on any atom is -0.469 e. The van der Waals surface area contributed by atoms with Crippen LogP contribution in [-0.2, 0) is 9.53 Å². The van der Waals surface area contributed by atoms with Gasteiger partial charge in [0.15, 0.2) is 0 Å². The summed E-state index contributed by atoms with van der Waals surface area (Å²) >= 11 is 1.33. The summed E-state index contributed by atoms with van der Waals surface area (Å²) in [5.41, 5.74) is 6.38. The van der Waals surface area contributed by atoms with Crippen LogP contribution in [0.25, 0.3) is 0 Å². The van der Waals surface area contributed by atoms with Gasteiger partial charge in [-0.05, 0) is 6.07 Å². The first-order valence-electron chi connectivity index (χ1n) is 4.52. The first-order valence-corrected chi connectivity index (χ1v) is 5.51. The Hall–Kier alpha value is -1.74. The maximum absolute atomic E-state index is 10.9. The molecule has 0 unspecified atom stereocenters. The molecule has 6 heteroatoms. The van der Waals surface area contributed by atoms with Crippen LogP contribution in [0, 0.1) is 11.3 Å². The average Bonchev–Trinajstić information content (AvgIpc) is 2.30. The minimum atomic E-state index is -0.276. The molecule has 1 rings (SSSR count). The molecule has 0 aliphatic rings. The molecule has 0 saturated heterocycles. The van der Waals surface area contributed by atoms with Crippen molar-refractivity contribution in [3.05, 3.63) is 17.8 Å². The number of carbonyl (C=O) groups excluding carboxylic acids is 1. The first kappa shape index (κ1) is 12.3. The van der Waals surface area contributed by atoms with Gasteiger partial charge >= 0.3 is 5.97 Å². The van der Waals surface area contributed by atoms with E-state index in [1.807, 2.05) is 6.07 Å². The lowest BCUT2D eigenvalue weighted by atomic mass is 10.3. The zero-order chi connectivity index (χ0) is 12.0. The highest BCUT2D eigenvalue weighted by Gasteiger charge is 2.06. The van der Waals surface area contributed by atoms with Gasteiger partial charge in [0.05, 0.1) is 31.0 Å². The molecule has 0 spiro atoms. The van der Waals surface area contributed by atoms with Gasteiger partial charge < -0.3 is 10.5 Å². The number of hydrogen-bond donors (Lipinski definition) is 1. The summed E-state index contributed by atoms with van der Waals surface area (Å²) in [6.45, 7) is 0. The number of methoxy groups -OCH3 is 1. The van der Waals surface area contributed by atoms with E-state index in [-0.39, 0.29) is 12.4 Å². The van der Waals surface area contributed by atoms with Crippen LogP contribution in [0.2, 0.25) is 0 Å². The first-order chi connectivity index (χ1) is 7.67. The number of hydrogen-bond acceptors (Lipinski definition) is 6. The van der Waals surface area contributed by atoms with E-state index in [1.54, 1.807) is 6.07 Å². The third-order valence-corrected chi connectivity index (χ3v) is 2.77. The Kier molecular flexibility index (Phi) is 4.61. The Balaban J connectivity index is 2.61. The maximum atomic E-state index is 10.9. The van der Waals surface area contributed by atoms with Crippen molar-refractivity contribution in [2.24, 2.45) is 0 Å². The number of anilines is 1. The molecule has 0 aliphatic heterocycles. The Morgan fingerprint density at radius 2 is 2.50 bits per heavy atom. The van der Waals surface area contributed by atoms with E-state index in [9.17, 15) is 4.79 Å². The summed E-state index contributed by atoms with van der Waals surface area (Å²) in [5, 5.41) is 9.43.